The third-order valence-electron chi connectivity index (χ3n) is 8.11. The van der Waals surface area contributed by atoms with Crippen LogP contribution >= 0.6 is 0 Å². The van der Waals surface area contributed by atoms with Gasteiger partial charge in [-0.3, -0.25) is 13.9 Å². The minimum absolute atomic E-state index is 0.0129. The number of carbonyl (C=O) groups is 2. The molecule has 0 aliphatic heterocycles. The molecule has 0 spiro atoms. The Hall–Kier alpha value is -2.69. The van der Waals surface area contributed by atoms with Gasteiger partial charge >= 0.3 is 5.97 Å². The zero-order chi connectivity index (χ0) is 32.6. The van der Waals surface area contributed by atoms with Crippen LogP contribution in [0, 0.1) is 11.8 Å². The Morgan fingerprint density at radius 2 is 1.63 bits per heavy atom. The number of carboxylic acid groups (broad SMARTS) is 1. The van der Waals surface area contributed by atoms with Crippen LogP contribution in [0.1, 0.15) is 83.7 Å². The number of nitrogens with one attached hydrogen (secondary N) is 1. The maximum absolute atomic E-state index is 13.8. The second-order valence-corrected chi connectivity index (χ2v) is 20.2. The predicted molar refractivity (Wildman–Crippen MR) is 177 cm³/mol. The molecule has 0 radical (unpaired) electrons. The fourth-order valence-electron chi connectivity index (χ4n) is 4.63. The average molecular weight is 633 g/mol. The fourth-order valence-corrected chi connectivity index (χ4v) is 7.52. The molecule has 2 rings (SSSR count). The molecule has 10 heteroatoms. The van der Waals surface area contributed by atoms with Gasteiger partial charge in [0.1, 0.15) is 0 Å². The smallest absolute Gasteiger partial charge is 0.306 e. The van der Waals surface area contributed by atoms with Gasteiger partial charge < -0.3 is 14.8 Å². The number of aliphatic carboxylic acids is 1. The first kappa shape index (κ1) is 36.5. The molecule has 0 aliphatic carbocycles. The minimum Gasteiger partial charge on any atom is -0.481 e. The first-order chi connectivity index (χ1) is 19.9. The van der Waals surface area contributed by atoms with Crippen LogP contribution in [0.5, 0.6) is 0 Å². The van der Waals surface area contributed by atoms with Gasteiger partial charge in [0.15, 0.2) is 8.32 Å². The Balaban J connectivity index is 2.48. The van der Waals surface area contributed by atoms with E-state index >= 15 is 0 Å². The molecule has 2 aromatic carbocycles. The molecule has 0 unspecified atom stereocenters. The van der Waals surface area contributed by atoms with Crippen LogP contribution in [0.4, 0.5) is 5.69 Å². The van der Waals surface area contributed by atoms with Gasteiger partial charge in [-0.2, -0.15) is 0 Å². The Kier molecular flexibility index (Phi) is 13.0. The standard InChI is InChI=1S/C33H52N2O6SSi/c1-10-19-42(39,40)35(23-26-15-12-11-13-16-26)28-18-14-17-27(22-28)31(36)34-29(20-24(2)3)30(21-25(4)32(37)38)41-43(8,9)33(5,6)7/h11-18,22,24-25,29-30H,10,19-21,23H2,1-9H3,(H,34,36)(H,37,38)/t25-,29+,30+/m1/s1. The first-order valence-electron chi connectivity index (χ1n) is 15.2. The number of hydrogen-bond acceptors (Lipinski definition) is 5. The van der Waals surface area contributed by atoms with Gasteiger partial charge in [0.25, 0.3) is 5.91 Å². The summed E-state index contributed by atoms with van der Waals surface area (Å²) in [5, 5.41) is 12.8. The predicted octanol–water partition coefficient (Wildman–Crippen LogP) is 7.08. The van der Waals surface area contributed by atoms with Gasteiger partial charge in [-0.15, -0.1) is 0 Å². The molecule has 1 amide bonds. The number of rotatable bonds is 16. The molecular weight excluding hydrogens is 581 g/mol. The summed E-state index contributed by atoms with van der Waals surface area (Å²) in [6, 6.07) is 15.6. The molecule has 2 aromatic rings. The third kappa shape index (κ3) is 10.8. The molecular formula is C33H52N2O6SSi. The largest absolute Gasteiger partial charge is 0.481 e. The molecule has 0 bridgehead atoms. The Morgan fingerprint density at radius 1 is 1.00 bits per heavy atom. The lowest BCUT2D eigenvalue weighted by molar-refractivity contribution is -0.142. The summed E-state index contributed by atoms with van der Waals surface area (Å²) in [6.07, 6.45) is 0.831. The van der Waals surface area contributed by atoms with Crippen LogP contribution in [0.25, 0.3) is 0 Å². The van der Waals surface area contributed by atoms with Gasteiger partial charge in [-0.05, 0) is 67.1 Å². The summed E-state index contributed by atoms with van der Waals surface area (Å²) in [7, 11) is -5.97. The van der Waals surface area contributed by atoms with Crippen molar-refractivity contribution in [3.8, 4) is 0 Å². The van der Waals surface area contributed by atoms with E-state index in [9.17, 15) is 23.1 Å². The maximum Gasteiger partial charge on any atom is 0.306 e. The van der Waals surface area contributed by atoms with Crippen LogP contribution in [0.2, 0.25) is 18.1 Å². The van der Waals surface area contributed by atoms with Crippen LogP contribution in [-0.4, -0.2) is 51.6 Å². The van der Waals surface area contributed by atoms with Crippen molar-refractivity contribution >= 4 is 35.9 Å². The molecule has 240 valence electrons. The minimum atomic E-state index is -3.64. The SMILES string of the molecule is CCCS(=O)(=O)N(Cc1ccccc1)c1cccc(C(=O)N[C@@H](CC(C)C)[C@H](C[C@@H](C)C(=O)O)O[Si](C)(C)C(C)(C)C)c1. The van der Waals surface area contributed by atoms with Crippen LogP contribution in [0.3, 0.4) is 0 Å². The van der Waals surface area contributed by atoms with E-state index in [0.29, 0.717) is 24.1 Å². The second kappa shape index (κ2) is 15.3. The van der Waals surface area contributed by atoms with Crippen molar-refractivity contribution in [2.24, 2.45) is 11.8 Å². The molecule has 2 N–H and O–H groups in total. The zero-order valence-corrected chi connectivity index (χ0v) is 29.2. The van der Waals surface area contributed by atoms with Gasteiger partial charge in [0.05, 0.1) is 36.0 Å². The van der Waals surface area contributed by atoms with E-state index in [1.807, 2.05) is 37.3 Å². The quantitative estimate of drug-likeness (QED) is 0.191. The molecule has 43 heavy (non-hydrogen) atoms. The molecule has 0 saturated carbocycles. The number of sulfonamides is 1. The third-order valence-corrected chi connectivity index (χ3v) is 14.6. The van der Waals surface area contributed by atoms with Crippen molar-refractivity contribution in [3.05, 3.63) is 65.7 Å². The maximum atomic E-state index is 13.8. The first-order valence-corrected chi connectivity index (χ1v) is 19.8. The van der Waals surface area contributed by atoms with Gasteiger partial charge in [0, 0.05) is 5.56 Å². The van der Waals surface area contributed by atoms with Gasteiger partial charge in [-0.25, -0.2) is 8.42 Å². The summed E-state index contributed by atoms with van der Waals surface area (Å²) < 4.78 is 34.8. The Morgan fingerprint density at radius 3 is 2.16 bits per heavy atom. The van der Waals surface area contributed by atoms with Gasteiger partial charge in [-0.1, -0.05) is 84.9 Å². The van der Waals surface area contributed by atoms with Gasteiger partial charge in [0.2, 0.25) is 10.0 Å². The molecule has 0 fully saturated rings. The number of amides is 1. The van der Waals surface area contributed by atoms with E-state index in [1.54, 1.807) is 31.2 Å². The number of carboxylic acids is 1. The zero-order valence-electron chi connectivity index (χ0n) is 27.4. The number of benzene rings is 2. The van der Waals surface area contributed by atoms with Crippen molar-refractivity contribution < 1.29 is 27.5 Å². The summed E-state index contributed by atoms with van der Waals surface area (Å²) in [5.41, 5.74) is 1.58. The second-order valence-electron chi connectivity index (χ2n) is 13.5. The lowest BCUT2D eigenvalue weighted by Crippen LogP contribution is -2.53. The van der Waals surface area contributed by atoms with E-state index in [0.717, 1.165) is 5.56 Å². The van der Waals surface area contributed by atoms with Crippen LogP contribution < -0.4 is 9.62 Å². The monoisotopic (exact) mass is 632 g/mol. The van der Waals surface area contributed by atoms with Crippen molar-refractivity contribution in [1.29, 1.82) is 0 Å². The van der Waals surface area contributed by atoms with Crippen molar-refractivity contribution in [2.45, 2.75) is 105 Å². The highest BCUT2D eigenvalue weighted by molar-refractivity contribution is 7.92. The lowest BCUT2D eigenvalue weighted by Gasteiger charge is -2.42. The van der Waals surface area contributed by atoms with Crippen LogP contribution in [-0.2, 0) is 25.8 Å². The fraction of sp³-hybridized carbons (Fsp3) is 0.576. The normalized spacial score (nSPS) is 14.7. The molecule has 0 aromatic heterocycles. The van der Waals surface area contributed by atoms with E-state index in [-0.39, 0.29) is 35.6 Å². The average Bonchev–Trinajstić information content (AvgIpc) is 2.90. The van der Waals surface area contributed by atoms with E-state index in [1.165, 1.54) is 4.31 Å². The summed E-state index contributed by atoms with van der Waals surface area (Å²) >= 11 is 0. The Bertz CT molecular complexity index is 1310. The molecule has 0 saturated heterocycles. The number of hydrogen-bond donors (Lipinski definition) is 2. The highest BCUT2D eigenvalue weighted by atomic mass is 32.2. The highest BCUT2D eigenvalue weighted by Gasteiger charge is 2.42. The highest BCUT2D eigenvalue weighted by Crippen LogP contribution is 2.39. The summed E-state index contributed by atoms with van der Waals surface area (Å²) in [6.45, 7) is 18.4. The van der Waals surface area contributed by atoms with Crippen molar-refractivity contribution in [1.82, 2.24) is 5.32 Å². The molecule has 3 atom stereocenters. The van der Waals surface area contributed by atoms with E-state index in [2.05, 4.69) is 53.0 Å². The number of nitrogens with zero attached hydrogens (tertiary/aromatic N) is 1. The summed E-state index contributed by atoms with van der Waals surface area (Å²) in [4.78, 5) is 25.7. The van der Waals surface area contributed by atoms with Crippen molar-refractivity contribution in [3.63, 3.8) is 0 Å². The number of anilines is 1. The van der Waals surface area contributed by atoms with E-state index in [4.69, 9.17) is 4.43 Å². The molecule has 8 nitrogen and oxygen atoms in total. The number of carbonyl (C=O) groups excluding carboxylic acids is 1. The molecule has 0 heterocycles. The lowest BCUT2D eigenvalue weighted by atomic mass is 9.92. The summed E-state index contributed by atoms with van der Waals surface area (Å²) in [5.74, 6) is -1.71. The van der Waals surface area contributed by atoms with Crippen molar-refractivity contribution in [2.75, 3.05) is 10.1 Å². The molecule has 0 aliphatic rings. The Labute approximate surface area is 260 Å². The topological polar surface area (TPSA) is 113 Å². The van der Waals surface area contributed by atoms with E-state index < -0.39 is 42.4 Å². The van der Waals surface area contributed by atoms with Crippen LogP contribution in [0.15, 0.2) is 54.6 Å².